The molecular weight excluding hydrogens is 389 g/mol. The van der Waals surface area contributed by atoms with Crippen molar-refractivity contribution in [3.63, 3.8) is 0 Å². The summed E-state index contributed by atoms with van der Waals surface area (Å²) in [6.45, 7) is 8.21. The number of carbonyl (C=O) groups is 1. The quantitative estimate of drug-likeness (QED) is 0.610. The SMILES string of the molecule is CC1(C)CC(=O)N2N1C1C(=C(c3ccc(C(F)(F)F)cc3)c3ccccc31)C2(C)C. The summed E-state index contributed by atoms with van der Waals surface area (Å²) in [6, 6.07) is 13.3. The molecule has 1 atom stereocenters. The van der Waals surface area contributed by atoms with Gasteiger partial charge in [-0.15, -0.1) is 0 Å². The highest BCUT2D eigenvalue weighted by atomic mass is 19.4. The summed E-state index contributed by atoms with van der Waals surface area (Å²) in [7, 11) is 0. The van der Waals surface area contributed by atoms with Crippen molar-refractivity contribution in [2.45, 2.75) is 57.4 Å². The Labute approximate surface area is 173 Å². The van der Waals surface area contributed by atoms with Crippen LogP contribution in [0.4, 0.5) is 13.2 Å². The minimum Gasteiger partial charge on any atom is -0.273 e. The second kappa shape index (κ2) is 5.76. The zero-order valence-electron chi connectivity index (χ0n) is 17.3. The Hall–Kier alpha value is -2.60. The van der Waals surface area contributed by atoms with Crippen LogP contribution in [-0.2, 0) is 11.0 Å². The zero-order chi connectivity index (χ0) is 21.6. The van der Waals surface area contributed by atoms with Crippen LogP contribution in [-0.4, -0.2) is 27.0 Å². The van der Waals surface area contributed by atoms with Crippen LogP contribution in [0.25, 0.3) is 5.57 Å². The fraction of sp³-hybridized carbons (Fsp3) is 0.375. The molecule has 2 fully saturated rings. The molecule has 2 saturated heterocycles. The van der Waals surface area contributed by atoms with Crippen LogP contribution < -0.4 is 0 Å². The van der Waals surface area contributed by atoms with Crippen molar-refractivity contribution < 1.29 is 18.0 Å². The number of halogens is 3. The molecule has 1 aliphatic carbocycles. The van der Waals surface area contributed by atoms with E-state index in [1.54, 1.807) is 12.1 Å². The molecule has 6 heteroatoms. The molecular formula is C24H23F3N2O. The molecule has 0 radical (unpaired) electrons. The number of hydrazine groups is 1. The first-order chi connectivity index (χ1) is 13.9. The van der Waals surface area contributed by atoms with E-state index in [2.05, 4.69) is 24.9 Å². The predicted molar refractivity (Wildman–Crippen MR) is 108 cm³/mol. The zero-order valence-corrected chi connectivity index (χ0v) is 17.3. The molecule has 0 N–H and O–H groups in total. The van der Waals surface area contributed by atoms with Crippen molar-refractivity contribution >= 4 is 11.5 Å². The monoisotopic (exact) mass is 412 g/mol. The Morgan fingerprint density at radius 1 is 0.967 bits per heavy atom. The van der Waals surface area contributed by atoms with Gasteiger partial charge in [0.05, 0.1) is 17.1 Å². The molecule has 2 heterocycles. The fourth-order valence-electron chi connectivity index (χ4n) is 5.51. The minimum absolute atomic E-state index is 0.0798. The third-order valence-corrected chi connectivity index (χ3v) is 6.66. The van der Waals surface area contributed by atoms with Crippen LogP contribution in [0, 0.1) is 0 Å². The highest BCUT2D eigenvalue weighted by Gasteiger charge is 2.63. The summed E-state index contributed by atoms with van der Waals surface area (Å²) in [6.07, 6.45) is -3.93. The van der Waals surface area contributed by atoms with Crippen LogP contribution >= 0.6 is 0 Å². The summed E-state index contributed by atoms with van der Waals surface area (Å²) in [5, 5.41) is 4.05. The Morgan fingerprint density at radius 2 is 1.60 bits per heavy atom. The highest BCUT2D eigenvalue weighted by Crippen LogP contribution is 2.61. The van der Waals surface area contributed by atoms with E-state index >= 15 is 0 Å². The van der Waals surface area contributed by atoms with Gasteiger partial charge < -0.3 is 0 Å². The second-order valence-corrected chi connectivity index (χ2v) is 9.45. The molecule has 3 aliphatic rings. The Bertz CT molecular complexity index is 1100. The summed E-state index contributed by atoms with van der Waals surface area (Å²) >= 11 is 0. The number of hydrogen-bond donors (Lipinski definition) is 0. The summed E-state index contributed by atoms with van der Waals surface area (Å²) in [5.74, 6) is 0.0798. The lowest BCUT2D eigenvalue weighted by atomic mass is 9.85. The van der Waals surface area contributed by atoms with Crippen LogP contribution in [0.15, 0.2) is 54.1 Å². The Morgan fingerprint density at radius 3 is 2.23 bits per heavy atom. The van der Waals surface area contributed by atoms with E-state index in [0.717, 1.165) is 40.0 Å². The van der Waals surface area contributed by atoms with E-state index in [-0.39, 0.29) is 17.5 Å². The number of fused-ring (bicyclic) bond motifs is 5. The van der Waals surface area contributed by atoms with Gasteiger partial charge in [-0.05, 0) is 67.7 Å². The molecule has 2 aromatic carbocycles. The number of alkyl halides is 3. The molecule has 2 aromatic rings. The molecule has 1 unspecified atom stereocenters. The van der Waals surface area contributed by atoms with Crippen LogP contribution in [0.5, 0.6) is 0 Å². The van der Waals surface area contributed by atoms with Gasteiger partial charge in [-0.3, -0.25) is 9.80 Å². The average Bonchev–Trinajstić information content (AvgIpc) is 3.20. The van der Waals surface area contributed by atoms with Gasteiger partial charge >= 0.3 is 6.18 Å². The lowest BCUT2D eigenvalue weighted by Gasteiger charge is -2.38. The third kappa shape index (κ3) is 2.40. The lowest BCUT2D eigenvalue weighted by molar-refractivity contribution is -0.145. The lowest BCUT2D eigenvalue weighted by Crippen LogP contribution is -2.49. The fourth-order valence-corrected chi connectivity index (χ4v) is 5.51. The first-order valence-electron chi connectivity index (χ1n) is 10.1. The van der Waals surface area contributed by atoms with Gasteiger partial charge in [-0.25, -0.2) is 5.01 Å². The Kier molecular flexibility index (Phi) is 3.72. The number of hydrogen-bond acceptors (Lipinski definition) is 2. The van der Waals surface area contributed by atoms with Crippen molar-refractivity contribution in [3.8, 4) is 0 Å². The first kappa shape index (κ1) is 19.4. The number of nitrogens with zero attached hydrogens (tertiary/aromatic N) is 2. The van der Waals surface area contributed by atoms with Crippen molar-refractivity contribution in [3.05, 3.63) is 76.4 Å². The highest BCUT2D eigenvalue weighted by molar-refractivity contribution is 5.93. The molecule has 0 spiro atoms. The van der Waals surface area contributed by atoms with E-state index in [1.165, 1.54) is 0 Å². The average molecular weight is 412 g/mol. The minimum atomic E-state index is -4.37. The molecule has 30 heavy (non-hydrogen) atoms. The van der Waals surface area contributed by atoms with Gasteiger partial charge in [0.2, 0.25) is 5.91 Å². The van der Waals surface area contributed by atoms with Gasteiger partial charge in [0, 0.05) is 12.0 Å². The number of carbonyl (C=O) groups excluding carboxylic acids is 1. The van der Waals surface area contributed by atoms with Gasteiger partial charge in [0.25, 0.3) is 0 Å². The van der Waals surface area contributed by atoms with Gasteiger partial charge in [-0.2, -0.15) is 13.2 Å². The van der Waals surface area contributed by atoms with E-state index < -0.39 is 17.3 Å². The normalized spacial score (nSPS) is 24.3. The van der Waals surface area contributed by atoms with Crippen LogP contribution in [0.1, 0.15) is 62.4 Å². The predicted octanol–water partition coefficient (Wildman–Crippen LogP) is 5.58. The van der Waals surface area contributed by atoms with Gasteiger partial charge in [0.1, 0.15) is 0 Å². The molecule has 5 rings (SSSR count). The third-order valence-electron chi connectivity index (χ3n) is 6.66. The van der Waals surface area contributed by atoms with Crippen molar-refractivity contribution in [1.82, 2.24) is 10.0 Å². The molecule has 156 valence electrons. The van der Waals surface area contributed by atoms with Crippen molar-refractivity contribution in [2.24, 2.45) is 0 Å². The van der Waals surface area contributed by atoms with Crippen LogP contribution in [0.2, 0.25) is 0 Å². The summed E-state index contributed by atoms with van der Waals surface area (Å²) < 4.78 is 39.3. The molecule has 2 aliphatic heterocycles. The second-order valence-electron chi connectivity index (χ2n) is 9.45. The summed E-state index contributed by atoms with van der Waals surface area (Å²) in [4.78, 5) is 13.0. The molecule has 0 saturated carbocycles. The maximum absolute atomic E-state index is 13.1. The Balaban J connectivity index is 1.76. The van der Waals surface area contributed by atoms with E-state index in [1.807, 2.05) is 37.1 Å². The number of amides is 1. The van der Waals surface area contributed by atoms with Gasteiger partial charge in [-0.1, -0.05) is 36.4 Å². The molecule has 3 nitrogen and oxygen atoms in total. The number of benzene rings is 2. The van der Waals surface area contributed by atoms with E-state index in [0.29, 0.717) is 6.42 Å². The largest absolute Gasteiger partial charge is 0.416 e. The maximum Gasteiger partial charge on any atom is 0.416 e. The van der Waals surface area contributed by atoms with E-state index in [4.69, 9.17) is 0 Å². The molecule has 0 bridgehead atoms. The summed E-state index contributed by atoms with van der Waals surface area (Å²) in [5.41, 5.74) is 3.30. The first-order valence-corrected chi connectivity index (χ1v) is 10.1. The molecule has 1 amide bonds. The van der Waals surface area contributed by atoms with Crippen molar-refractivity contribution in [1.29, 1.82) is 0 Å². The van der Waals surface area contributed by atoms with Crippen molar-refractivity contribution in [2.75, 3.05) is 0 Å². The molecule has 0 aromatic heterocycles. The number of rotatable bonds is 1. The van der Waals surface area contributed by atoms with Gasteiger partial charge in [0.15, 0.2) is 0 Å². The smallest absolute Gasteiger partial charge is 0.273 e. The standard InChI is InChI=1S/C24H23F3N2O/c1-22(2)13-18(30)28-23(3,4)20-19(14-9-11-15(12-10-14)24(25,26)27)16-7-5-6-8-17(16)21(20)29(22)28/h5-12,21H,13H2,1-4H3. The van der Waals surface area contributed by atoms with Crippen LogP contribution in [0.3, 0.4) is 0 Å². The topological polar surface area (TPSA) is 23.6 Å². The maximum atomic E-state index is 13.1. The van der Waals surface area contributed by atoms with E-state index in [9.17, 15) is 18.0 Å².